The summed E-state index contributed by atoms with van der Waals surface area (Å²) in [6.07, 6.45) is -0.585. The fourth-order valence-electron chi connectivity index (χ4n) is 0.847. The van der Waals surface area contributed by atoms with Crippen LogP contribution in [0.4, 0.5) is 4.79 Å². The van der Waals surface area contributed by atoms with Crippen molar-refractivity contribution in [2.75, 3.05) is 20.3 Å². The van der Waals surface area contributed by atoms with Gasteiger partial charge in [-0.1, -0.05) is 0 Å². The van der Waals surface area contributed by atoms with Crippen molar-refractivity contribution in [3.63, 3.8) is 0 Å². The first-order chi connectivity index (χ1) is 8.37. The molecule has 0 aromatic carbocycles. The molecule has 9 heteroatoms. The minimum Gasteiger partial charge on any atom is -0.358 e. The lowest BCUT2D eigenvalue weighted by atomic mass is 10.4. The molecule has 0 aliphatic heterocycles. The Labute approximate surface area is 118 Å². The number of carbonyl (C=O) groups excluding carboxylic acids is 1. The molecular formula is C9H21N2O4PS2. The number of rotatable bonds is 8. The average Bonchev–Trinajstić information content (AvgIpc) is 2.28. The van der Waals surface area contributed by atoms with Crippen LogP contribution in [0.5, 0.6) is 0 Å². The Morgan fingerprint density at radius 3 is 2.28 bits per heavy atom. The molecule has 0 bridgehead atoms. The third-order valence-corrected chi connectivity index (χ3v) is 5.84. The monoisotopic (exact) mass is 316 g/mol. The second-order valence-electron chi connectivity index (χ2n) is 3.53. The van der Waals surface area contributed by atoms with E-state index >= 15 is 0 Å². The molecule has 0 radical (unpaired) electrons. The molecule has 0 saturated heterocycles. The molecule has 0 aromatic rings. The van der Waals surface area contributed by atoms with Crippen LogP contribution in [0.25, 0.3) is 0 Å². The Kier molecular flexibility index (Phi) is 9.19. The molecule has 108 valence electrons. The van der Waals surface area contributed by atoms with Crippen molar-refractivity contribution in [2.24, 2.45) is 0 Å². The Balaban J connectivity index is 4.43. The van der Waals surface area contributed by atoms with E-state index in [4.69, 9.17) is 25.0 Å². The second kappa shape index (κ2) is 9.12. The van der Waals surface area contributed by atoms with Crippen molar-refractivity contribution < 1.29 is 18.0 Å². The maximum absolute atomic E-state index is 11.8. The van der Waals surface area contributed by atoms with Gasteiger partial charge in [-0.2, -0.15) is 0 Å². The highest BCUT2D eigenvalue weighted by Gasteiger charge is 2.30. The zero-order chi connectivity index (χ0) is 14.2. The van der Waals surface area contributed by atoms with Gasteiger partial charge in [0.1, 0.15) is 12.2 Å². The highest BCUT2D eigenvalue weighted by molar-refractivity contribution is 8.09. The van der Waals surface area contributed by atoms with Gasteiger partial charge in [0.2, 0.25) is 0 Å². The second-order valence-corrected chi connectivity index (χ2v) is 7.54. The molecule has 0 saturated carbocycles. The van der Waals surface area contributed by atoms with Crippen LogP contribution in [0.15, 0.2) is 0 Å². The summed E-state index contributed by atoms with van der Waals surface area (Å²) in [4.78, 5) is 11.8. The molecule has 6 nitrogen and oxygen atoms in total. The molecule has 0 rings (SSSR count). The number of nitrogens with one attached hydrogen (secondary N) is 1. The molecule has 0 fully saturated rings. The molecule has 0 atom stereocenters. The van der Waals surface area contributed by atoms with Gasteiger partial charge in [-0.3, -0.25) is 0 Å². The molecule has 0 aromatic heterocycles. The molecule has 1 amide bonds. The van der Waals surface area contributed by atoms with E-state index in [1.54, 1.807) is 13.8 Å². The van der Waals surface area contributed by atoms with Gasteiger partial charge in [0.15, 0.2) is 0 Å². The molecule has 1 N–H and O–H groups in total. The number of hydrogen-bond acceptors (Lipinski definition) is 7. The highest BCUT2D eigenvalue weighted by Crippen LogP contribution is 2.51. The largest absolute Gasteiger partial charge is 0.430 e. The molecule has 0 unspecified atom stereocenters. The topological polar surface area (TPSA) is 60.0 Å². The minimum atomic E-state index is -2.78. The maximum Gasteiger partial charge on any atom is 0.430 e. The van der Waals surface area contributed by atoms with Gasteiger partial charge >= 0.3 is 6.09 Å². The summed E-state index contributed by atoms with van der Waals surface area (Å²) in [6, 6.07) is 0.204. The minimum absolute atomic E-state index is 0.204. The van der Waals surface area contributed by atoms with Crippen molar-refractivity contribution in [3.05, 3.63) is 0 Å². The van der Waals surface area contributed by atoms with Gasteiger partial charge < -0.3 is 13.2 Å². The first-order valence-electron chi connectivity index (χ1n) is 5.63. The quantitative estimate of drug-likeness (QED) is 0.420. The number of nitrogens with zero attached hydrogens (tertiary/aromatic N) is 1. The SMILES string of the molecule is CCOP(=S)(OCC)N(C)C(=O)OSNC(C)C. The van der Waals surface area contributed by atoms with Gasteiger partial charge in [0.05, 0.1) is 13.2 Å². The van der Waals surface area contributed by atoms with Crippen LogP contribution in [-0.2, 0) is 25.0 Å². The first kappa shape index (κ1) is 18.1. The predicted octanol–water partition coefficient (Wildman–Crippen LogP) is 2.91. The molecular weight excluding hydrogens is 295 g/mol. The van der Waals surface area contributed by atoms with Crippen molar-refractivity contribution in [2.45, 2.75) is 33.7 Å². The van der Waals surface area contributed by atoms with E-state index in [-0.39, 0.29) is 6.04 Å². The summed E-state index contributed by atoms with van der Waals surface area (Å²) in [5.41, 5.74) is 0. The van der Waals surface area contributed by atoms with Crippen LogP contribution in [0.3, 0.4) is 0 Å². The fourth-order valence-corrected chi connectivity index (χ4v) is 3.47. The molecule has 18 heavy (non-hydrogen) atoms. The van der Waals surface area contributed by atoms with E-state index in [0.29, 0.717) is 13.2 Å². The first-order valence-corrected chi connectivity index (χ1v) is 8.96. The van der Waals surface area contributed by atoms with E-state index < -0.39 is 12.7 Å². The van der Waals surface area contributed by atoms with Gasteiger partial charge in [-0.05, 0) is 39.5 Å². The zero-order valence-electron chi connectivity index (χ0n) is 11.3. The van der Waals surface area contributed by atoms with Gasteiger partial charge in [-0.25, -0.2) is 14.2 Å². The Morgan fingerprint density at radius 2 is 1.89 bits per heavy atom. The summed E-state index contributed by atoms with van der Waals surface area (Å²) < 4.78 is 19.8. The predicted molar refractivity (Wildman–Crippen MR) is 77.6 cm³/mol. The van der Waals surface area contributed by atoms with Crippen LogP contribution < -0.4 is 4.72 Å². The lowest BCUT2D eigenvalue weighted by Crippen LogP contribution is -2.27. The Bertz CT molecular complexity index is 294. The maximum atomic E-state index is 11.8. The average molecular weight is 316 g/mol. The van der Waals surface area contributed by atoms with Crippen LogP contribution >= 0.6 is 18.9 Å². The summed E-state index contributed by atoms with van der Waals surface area (Å²) >= 11 is 6.13. The molecule has 0 aliphatic carbocycles. The van der Waals surface area contributed by atoms with Crippen molar-refractivity contribution in [1.29, 1.82) is 0 Å². The van der Waals surface area contributed by atoms with Crippen LogP contribution in [0, 0.1) is 0 Å². The van der Waals surface area contributed by atoms with E-state index in [1.807, 2.05) is 13.8 Å². The van der Waals surface area contributed by atoms with E-state index in [0.717, 1.165) is 12.2 Å². The number of carbonyl (C=O) groups is 1. The Morgan fingerprint density at radius 1 is 1.39 bits per heavy atom. The highest BCUT2D eigenvalue weighted by atomic mass is 32.5. The van der Waals surface area contributed by atoms with Gasteiger partial charge in [0, 0.05) is 13.1 Å². The van der Waals surface area contributed by atoms with Crippen molar-refractivity contribution >= 4 is 36.8 Å². The normalized spacial score (nSPS) is 11.7. The zero-order valence-corrected chi connectivity index (χ0v) is 13.9. The van der Waals surface area contributed by atoms with Crippen LogP contribution in [0.1, 0.15) is 27.7 Å². The van der Waals surface area contributed by atoms with Crippen LogP contribution in [0.2, 0.25) is 0 Å². The van der Waals surface area contributed by atoms with Gasteiger partial charge in [-0.15, -0.1) is 0 Å². The molecule has 0 heterocycles. The smallest absolute Gasteiger partial charge is 0.358 e. The summed E-state index contributed by atoms with van der Waals surface area (Å²) in [5, 5.41) is 0. The Hall–Kier alpha value is 0.150. The standard InChI is InChI=1S/C9H21N2O4PS2/c1-6-13-16(17,14-7-2)11(5)9(12)15-18-10-8(3)4/h8,10H,6-7H2,1-5H3. The van der Waals surface area contributed by atoms with Crippen molar-refractivity contribution in [1.82, 2.24) is 9.39 Å². The number of hydrogen-bond donors (Lipinski definition) is 1. The summed E-state index contributed by atoms with van der Waals surface area (Å²) in [7, 11) is 1.52. The van der Waals surface area contributed by atoms with Crippen LogP contribution in [-0.4, -0.2) is 37.1 Å². The van der Waals surface area contributed by atoms with E-state index in [9.17, 15) is 4.79 Å². The third-order valence-electron chi connectivity index (χ3n) is 1.61. The van der Waals surface area contributed by atoms with Crippen molar-refractivity contribution in [3.8, 4) is 0 Å². The molecule has 0 spiro atoms. The lowest BCUT2D eigenvalue weighted by Gasteiger charge is -2.28. The summed E-state index contributed by atoms with van der Waals surface area (Å²) in [5.74, 6) is 0. The lowest BCUT2D eigenvalue weighted by molar-refractivity contribution is 0.174. The summed E-state index contributed by atoms with van der Waals surface area (Å²) in [6.45, 7) is 5.46. The fraction of sp³-hybridized carbons (Fsp3) is 0.889. The third kappa shape index (κ3) is 6.36. The van der Waals surface area contributed by atoms with E-state index in [2.05, 4.69) is 4.72 Å². The number of amides is 1. The van der Waals surface area contributed by atoms with E-state index in [1.165, 1.54) is 11.7 Å². The molecule has 0 aliphatic rings. The van der Waals surface area contributed by atoms with Gasteiger partial charge in [0.25, 0.3) is 6.64 Å².